The highest BCUT2D eigenvalue weighted by Crippen LogP contribution is 2.43. The van der Waals surface area contributed by atoms with Crippen LogP contribution in [0.4, 0.5) is 13.4 Å². The Balaban J connectivity index is 1.22. The number of fused-ring (bicyclic) bond motifs is 2. The van der Waals surface area contributed by atoms with Crippen molar-refractivity contribution in [2.24, 2.45) is 0 Å². The van der Waals surface area contributed by atoms with E-state index in [9.17, 15) is 19.2 Å². The van der Waals surface area contributed by atoms with Gasteiger partial charge in [-0.3, -0.25) is 9.59 Å². The van der Waals surface area contributed by atoms with Crippen molar-refractivity contribution in [3.63, 3.8) is 0 Å². The van der Waals surface area contributed by atoms with Gasteiger partial charge in [0.25, 0.3) is 5.91 Å². The average molecular weight is 776 g/mol. The van der Waals surface area contributed by atoms with Crippen LogP contribution in [0.5, 0.6) is 11.5 Å². The third-order valence-electron chi connectivity index (χ3n) is 9.24. The minimum atomic E-state index is -4.10. The van der Waals surface area contributed by atoms with E-state index in [0.717, 1.165) is 25.7 Å². The van der Waals surface area contributed by atoms with E-state index in [1.54, 1.807) is 62.4 Å². The van der Waals surface area contributed by atoms with Crippen LogP contribution in [0.1, 0.15) is 80.3 Å². The molecule has 0 spiro atoms. The molecule has 0 unspecified atom stereocenters. The first-order valence-corrected chi connectivity index (χ1v) is 18.3. The predicted molar refractivity (Wildman–Crippen MR) is 206 cm³/mol. The normalized spacial score (nSPS) is 14.9. The van der Waals surface area contributed by atoms with Gasteiger partial charge in [0.15, 0.2) is 5.70 Å². The van der Waals surface area contributed by atoms with Crippen molar-refractivity contribution < 1.29 is 51.3 Å². The molecule has 0 aliphatic carbocycles. The topological polar surface area (TPSA) is 149 Å². The molecule has 16 heteroatoms. The van der Waals surface area contributed by atoms with Gasteiger partial charge in [-0.2, -0.15) is 5.48 Å². The summed E-state index contributed by atoms with van der Waals surface area (Å²) in [5.74, 6) is -1.20. The molecule has 3 aromatic rings. The van der Waals surface area contributed by atoms with Gasteiger partial charge in [-0.05, 0) is 114 Å². The van der Waals surface area contributed by atoms with Crippen LogP contribution < -0.4 is 25.6 Å². The minimum absolute atomic E-state index is 0.0317. The number of rotatable bonds is 13. The molecule has 0 saturated carbocycles. The highest BCUT2D eigenvalue weighted by Gasteiger charge is 2.54. The second-order valence-electron chi connectivity index (χ2n) is 14.8. The van der Waals surface area contributed by atoms with Crippen LogP contribution in [0.25, 0.3) is 5.57 Å². The number of halogens is 2. The maximum Gasteiger partial charge on any atom is 0.737 e. The first-order valence-electron chi connectivity index (χ1n) is 18.3. The number of carbonyl (C=O) groups excluding carboxylic acids is 4. The first-order chi connectivity index (χ1) is 26.4. The van der Waals surface area contributed by atoms with E-state index < -0.39 is 49.0 Å². The van der Waals surface area contributed by atoms with Crippen molar-refractivity contribution >= 4 is 42.1 Å². The molecule has 298 valence electrons. The van der Waals surface area contributed by atoms with Gasteiger partial charge in [-0.15, -0.1) is 0 Å². The molecule has 3 N–H and O–H groups in total. The second-order valence-corrected chi connectivity index (χ2v) is 14.8. The number of aryl methyl sites for hydroxylation is 2. The number of benzene rings is 2. The summed E-state index contributed by atoms with van der Waals surface area (Å²) in [4.78, 5) is 56.1. The zero-order chi connectivity index (χ0) is 40.9. The smallest absolute Gasteiger partial charge is 0.497 e. The van der Waals surface area contributed by atoms with Crippen molar-refractivity contribution in [2.45, 2.75) is 79.4 Å². The van der Waals surface area contributed by atoms with Gasteiger partial charge in [0.05, 0.1) is 25.8 Å². The Hall–Kier alpha value is -5.93. The summed E-state index contributed by atoms with van der Waals surface area (Å²) in [6.45, 7) is 7.97. The van der Waals surface area contributed by atoms with Gasteiger partial charge in [0, 0.05) is 36.3 Å². The van der Waals surface area contributed by atoms with Crippen molar-refractivity contribution in [1.82, 2.24) is 20.6 Å². The number of nitrogens with one attached hydrogen (secondary N) is 3. The fourth-order valence-electron chi connectivity index (χ4n) is 6.97. The molecule has 0 saturated heterocycles. The molecule has 0 bridgehead atoms. The van der Waals surface area contributed by atoms with Crippen LogP contribution in [0.2, 0.25) is 0 Å². The van der Waals surface area contributed by atoms with Gasteiger partial charge < -0.3 is 47.3 Å². The molecular weight excluding hydrogens is 727 g/mol. The highest BCUT2D eigenvalue weighted by molar-refractivity contribution is 6.58. The van der Waals surface area contributed by atoms with Gasteiger partial charge in [-0.25, -0.2) is 9.59 Å². The molecule has 3 amide bonds. The molecule has 2 aliphatic heterocycles. The van der Waals surface area contributed by atoms with Crippen LogP contribution in [0, 0.1) is 13.8 Å². The number of aromatic nitrogens is 1. The Kier molecular flexibility index (Phi) is 12.4. The molecule has 13 nitrogen and oxygen atoms in total. The number of amides is 3. The van der Waals surface area contributed by atoms with E-state index >= 15 is 8.63 Å². The predicted octanol–water partition coefficient (Wildman–Crippen LogP) is 5.79. The number of carbonyl (C=O) groups is 4. The highest BCUT2D eigenvalue weighted by atomic mass is 19.2. The molecule has 1 aromatic heterocycles. The lowest BCUT2D eigenvalue weighted by molar-refractivity contribution is -0.363. The molecule has 0 radical (unpaired) electrons. The van der Waals surface area contributed by atoms with Crippen LogP contribution in [0.15, 0.2) is 71.9 Å². The third-order valence-corrected chi connectivity index (χ3v) is 9.24. The lowest BCUT2D eigenvalue weighted by Crippen LogP contribution is -2.51. The fourth-order valence-corrected chi connectivity index (χ4v) is 6.97. The lowest BCUT2D eigenvalue weighted by Gasteiger charge is -2.34. The van der Waals surface area contributed by atoms with Gasteiger partial charge in [0.1, 0.15) is 28.9 Å². The third kappa shape index (κ3) is 9.47. The summed E-state index contributed by atoms with van der Waals surface area (Å²) >= 11 is 0. The van der Waals surface area contributed by atoms with Crippen molar-refractivity contribution in [3.8, 4) is 11.5 Å². The maximum atomic E-state index is 15.9. The van der Waals surface area contributed by atoms with Gasteiger partial charge in [0.2, 0.25) is 5.91 Å². The summed E-state index contributed by atoms with van der Waals surface area (Å²) in [7, 11) is 1.48. The van der Waals surface area contributed by atoms with Gasteiger partial charge >= 0.3 is 19.0 Å². The Morgan fingerprint density at radius 1 is 0.946 bits per heavy atom. The molecule has 0 fully saturated rings. The quantitative estimate of drug-likeness (QED) is 0.112. The summed E-state index contributed by atoms with van der Waals surface area (Å²) < 4.78 is 50.5. The van der Waals surface area contributed by atoms with Crippen LogP contribution in [-0.2, 0) is 25.6 Å². The SMILES string of the molecule is COc1ccc(C(=O)ONC(=O)CNC(=O)[C@H](Cc2ccc(OC(C)(C)C)cc2)NC(=O)OCCCC2=C3C(C)=CC(C)=[N+]3[B-](F)(F)n3c(C)cc(C)c32)cc1. The standard InChI is InChI=1S/C40H48BF2N5O8/c1-24-20-26(3)47-35(24)32(36-25(2)21-27(4)48(36)41(47,42)43)10-9-19-54-39(52)45-33(22-28-11-15-31(16-12-28)55-40(5,6)7)37(50)44-23-34(49)46-56-38(51)29-13-17-30(53-8)18-14-29/h11-18,20-21,33H,9-10,19,22-23H2,1-8H3,(H,44,50)(H,45,52)(H,46,49)/t33-/m0/s1. The Morgan fingerprint density at radius 2 is 1.61 bits per heavy atom. The number of ether oxygens (including phenoxy) is 3. The van der Waals surface area contributed by atoms with E-state index in [4.69, 9.17) is 19.0 Å². The van der Waals surface area contributed by atoms with E-state index in [2.05, 4.69) is 10.6 Å². The molecule has 2 aromatic carbocycles. The van der Waals surface area contributed by atoms with E-state index in [0.29, 0.717) is 52.7 Å². The van der Waals surface area contributed by atoms with E-state index in [1.165, 1.54) is 19.2 Å². The molecule has 3 heterocycles. The number of allylic oxidation sites excluding steroid dienone is 3. The van der Waals surface area contributed by atoms with E-state index in [1.807, 2.05) is 40.1 Å². The molecule has 5 rings (SSSR count). The van der Waals surface area contributed by atoms with Crippen LogP contribution in [0.3, 0.4) is 0 Å². The first kappa shape index (κ1) is 41.2. The number of alkyl carbamates (subject to hydrolysis) is 1. The molecule has 2 aliphatic rings. The summed E-state index contributed by atoms with van der Waals surface area (Å²) in [6.07, 6.45) is 1.56. The van der Waals surface area contributed by atoms with Crippen molar-refractivity contribution in [1.29, 1.82) is 0 Å². The second kappa shape index (κ2) is 16.8. The monoisotopic (exact) mass is 775 g/mol. The zero-order valence-corrected chi connectivity index (χ0v) is 32.9. The van der Waals surface area contributed by atoms with Gasteiger partial charge in [-0.1, -0.05) is 12.1 Å². The summed E-state index contributed by atoms with van der Waals surface area (Å²) in [5.41, 5.74) is 6.49. The number of nitrogens with zero attached hydrogens (tertiary/aromatic N) is 2. The number of hydroxylamine groups is 1. The number of hydrogen-bond donors (Lipinski definition) is 3. The van der Waals surface area contributed by atoms with Crippen LogP contribution >= 0.6 is 0 Å². The van der Waals surface area contributed by atoms with Crippen molar-refractivity contribution in [3.05, 3.63) is 100 Å². The number of methoxy groups -OCH3 is 1. The average Bonchev–Trinajstić information content (AvgIpc) is 3.62. The largest absolute Gasteiger partial charge is 0.737 e. The molecule has 56 heavy (non-hydrogen) atoms. The fraction of sp³-hybridized carbons (Fsp3) is 0.375. The Labute approximate surface area is 324 Å². The molecular formula is C40H48BF2N5O8. The minimum Gasteiger partial charge on any atom is -0.497 e. The lowest BCUT2D eigenvalue weighted by atomic mass is 9.85. The zero-order valence-electron chi connectivity index (χ0n) is 32.9. The maximum absolute atomic E-state index is 15.9. The number of hydrogen-bond acceptors (Lipinski definition) is 8. The van der Waals surface area contributed by atoms with Crippen LogP contribution in [-0.4, -0.2) is 77.4 Å². The Morgan fingerprint density at radius 3 is 2.25 bits per heavy atom. The van der Waals surface area contributed by atoms with Crippen molar-refractivity contribution in [2.75, 3.05) is 20.3 Å². The van der Waals surface area contributed by atoms with E-state index in [-0.39, 0.29) is 18.6 Å². The molecule has 1 atom stereocenters. The Bertz CT molecular complexity index is 2100. The summed E-state index contributed by atoms with van der Waals surface area (Å²) in [6, 6.07) is 13.6. The summed E-state index contributed by atoms with van der Waals surface area (Å²) in [5, 5.41) is 5.04.